The van der Waals surface area contributed by atoms with Crippen molar-refractivity contribution in [2.45, 2.75) is 380 Å². The predicted molar refractivity (Wildman–Crippen MR) is 427 cm³/mol. The van der Waals surface area contributed by atoms with Crippen LogP contribution in [0.1, 0.15) is 362 Å². The van der Waals surface area contributed by atoms with Crippen LogP contribution in [0.15, 0.2) is 97.2 Å². The highest BCUT2D eigenvalue weighted by Gasteiger charge is 2.30. The Morgan fingerprint density at radius 1 is 0.279 bits per heavy atom. The third kappa shape index (κ3) is 76.2. The van der Waals surface area contributed by atoms with Gasteiger partial charge in [-0.25, -0.2) is 9.13 Å². The van der Waals surface area contributed by atoms with Crippen molar-refractivity contribution in [2.75, 3.05) is 39.6 Å². The predicted octanol–water partition coefficient (Wildman–Crippen LogP) is 24.3. The Kier molecular flexibility index (Phi) is 74.2. The van der Waals surface area contributed by atoms with Crippen LogP contribution in [0, 0.1) is 0 Å². The highest BCUT2D eigenvalue weighted by Crippen LogP contribution is 2.45. The summed E-state index contributed by atoms with van der Waals surface area (Å²) in [5, 5.41) is 10.7. The van der Waals surface area contributed by atoms with E-state index in [4.69, 9.17) is 37.0 Å². The second-order valence-corrected chi connectivity index (χ2v) is 30.6. The number of rotatable bonds is 78. The number of carbonyl (C=O) groups excluding carboxylic acids is 4. The fourth-order valence-electron chi connectivity index (χ4n) is 11.3. The van der Waals surface area contributed by atoms with Gasteiger partial charge in [-0.3, -0.25) is 37.3 Å². The fraction of sp³-hybridized carbons (Fsp3) is 0.765. The maximum atomic E-state index is 13.1. The Labute approximate surface area is 633 Å². The number of unbranched alkanes of at least 4 members (excludes halogenated alkanes) is 36. The first-order valence-corrected chi connectivity index (χ1v) is 44.5. The molecule has 0 aliphatic heterocycles. The highest BCUT2D eigenvalue weighted by molar-refractivity contribution is 7.47. The van der Waals surface area contributed by atoms with Gasteiger partial charge in [-0.2, -0.15) is 0 Å². The molecule has 0 aromatic heterocycles. The first-order chi connectivity index (χ1) is 50.7. The van der Waals surface area contributed by atoms with Gasteiger partial charge in [-0.15, -0.1) is 0 Å². The molecule has 0 amide bonds. The summed E-state index contributed by atoms with van der Waals surface area (Å²) in [5.74, 6) is -2.19. The lowest BCUT2D eigenvalue weighted by atomic mass is 10.0. The summed E-state index contributed by atoms with van der Waals surface area (Å²) < 4.78 is 68.7. The summed E-state index contributed by atoms with van der Waals surface area (Å²) in [6, 6.07) is 0. The number of phosphoric ester groups is 2. The van der Waals surface area contributed by atoms with Gasteiger partial charge in [0.05, 0.1) is 26.4 Å². The van der Waals surface area contributed by atoms with Crippen molar-refractivity contribution in [3.63, 3.8) is 0 Å². The summed E-state index contributed by atoms with van der Waals surface area (Å²) in [4.78, 5) is 73.1. The molecule has 3 N–H and O–H groups in total. The zero-order valence-electron chi connectivity index (χ0n) is 65.9. The molecule has 0 aliphatic rings. The standard InChI is InChI=1S/C85H150O17P2/c1-5-9-13-17-21-25-29-33-37-39-43-45-49-53-57-61-65-69-82(87)95-75-80(101-84(89)71-67-63-59-55-51-47-41-35-31-27-23-19-15-11-7-3)77-99-103(91,92)97-73-79(86)74-98-104(93,94)100-78-81(102-85(90)72-68-64-60-56-52-48-42-36-32-28-24-20-16-12-8-4)76-96-83(88)70-66-62-58-54-50-46-44-40-38-34-30-26-22-18-14-10-6-2/h9-10,13-14,21-23,25-27,33-35,37-38,41,79-81,86H,5-8,11-12,15-20,24,28-32,36,39-40,42-78H2,1-4H3,(H,91,92)(H,93,94)/b13-9-,14-10-,25-21-,26-22-,27-23-,37-33-,38-34-,41-35-. The summed E-state index contributed by atoms with van der Waals surface area (Å²) in [5.41, 5.74) is 0. The first-order valence-electron chi connectivity index (χ1n) is 41.5. The maximum absolute atomic E-state index is 13.1. The van der Waals surface area contributed by atoms with Crippen LogP contribution in [0.25, 0.3) is 0 Å². The van der Waals surface area contributed by atoms with Gasteiger partial charge in [0.15, 0.2) is 12.2 Å². The Morgan fingerprint density at radius 2 is 0.500 bits per heavy atom. The molecule has 5 unspecified atom stereocenters. The topological polar surface area (TPSA) is 237 Å². The summed E-state index contributed by atoms with van der Waals surface area (Å²) in [6.45, 7) is 4.66. The molecule has 19 heteroatoms. The van der Waals surface area contributed by atoms with Crippen LogP contribution in [0.5, 0.6) is 0 Å². The molecule has 0 bridgehead atoms. The molecule has 104 heavy (non-hydrogen) atoms. The number of allylic oxidation sites excluding steroid dienone is 16. The zero-order valence-corrected chi connectivity index (χ0v) is 67.7. The lowest BCUT2D eigenvalue weighted by Gasteiger charge is -2.21. The lowest BCUT2D eigenvalue weighted by molar-refractivity contribution is -0.161. The van der Waals surface area contributed by atoms with Gasteiger partial charge < -0.3 is 33.8 Å². The second kappa shape index (κ2) is 77.1. The molecule has 0 heterocycles. The molecule has 0 radical (unpaired) electrons. The van der Waals surface area contributed by atoms with Gasteiger partial charge in [0.1, 0.15) is 19.3 Å². The van der Waals surface area contributed by atoms with E-state index in [0.29, 0.717) is 25.7 Å². The molecule has 0 saturated heterocycles. The number of phosphoric acid groups is 2. The number of aliphatic hydroxyl groups excluding tert-OH is 1. The molecule has 0 aromatic rings. The second-order valence-electron chi connectivity index (χ2n) is 27.7. The van der Waals surface area contributed by atoms with Crippen molar-refractivity contribution in [1.82, 2.24) is 0 Å². The minimum atomic E-state index is -4.98. The molecule has 0 aliphatic carbocycles. The van der Waals surface area contributed by atoms with Crippen molar-refractivity contribution in [3.05, 3.63) is 97.2 Å². The normalized spacial score (nSPS) is 14.3. The van der Waals surface area contributed by atoms with E-state index in [1.54, 1.807) is 0 Å². The van der Waals surface area contributed by atoms with Gasteiger partial charge in [0.25, 0.3) is 0 Å². The number of hydrogen-bond donors (Lipinski definition) is 3. The average molecular weight is 1510 g/mol. The SMILES string of the molecule is CC/C=C\C/C=C\C/C=C\CCCCCCCCCC(=O)OCC(COP(=O)(O)OCC(O)COP(=O)(O)OCC(COC(=O)CCCCCCCCC/C=C\C/C=C\C/C=C\CC)OC(=O)CCCCCCCCCCCCCCCCC)OC(=O)CCCCCCC/C=C\C/C=C\CCCCC. The number of esters is 4. The van der Waals surface area contributed by atoms with Gasteiger partial charge in [0.2, 0.25) is 0 Å². The van der Waals surface area contributed by atoms with Gasteiger partial charge >= 0.3 is 39.5 Å². The molecule has 5 atom stereocenters. The van der Waals surface area contributed by atoms with Crippen LogP contribution >= 0.6 is 15.6 Å². The monoisotopic (exact) mass is 1510 g/mol. The average Bonchev–Trinajstić information content (AvgIpc) is 0.937. The van der Waals surface area contributed by atoms with Crippen molar-refractivity contribution in [2.24, 2.45) is 0 Å². The Bertz CT molecular complexity index is 2350. The van der Waals surface area contributed by atoms with Crippen LogP contribution in [0.2, 0.25) is 0 Å². The zero-order chi connectivity index (χ0) is 76.0. The van der Waals surface area contributed by atoms with Crippen LogP contribution in [0.4, 0.5) is 0 Å². The molecule has 602 valence electrons. The molecule has 0 fully saturated rings. The van der Waals surface area contributed by atoms with Gasteiger partial charge in [0, 0.05) is 25.7 Å². The Hall–Kier alpha value is -4.02. The summed E-state index contributed by atoms with van der Waals surface area (Å²) in [7, 11) is -9.96. The number of hydrogen-bond acceptors (Lipinski definition) is 15. The van der Waals surface area contributed by atoms with Crippen LogP contribution in [-0.2, 0) is 65.4 Å². The first kappa shape index (κ1) is 100.0. The molecule has 17 nitrogen and oxygen atoms in total. The lowest BCUT2D eigenvalue weighted by Crippen LogP contribution is -2.30. The van der Waals surface area contributed by atoms with E-state index in [2.05, 4.69) is 125 Å². The summed E-state index contributed by atoms with van der Waals surface area (Å²) in [6.07, 6.45) is 82.2. The quantitative estimate of drug-likeness (QED) is 0.0169. The van der Waals surface area contributed by atoms with Crippen molar-refractivity contribution >= 4 is 39.5 Å². The van der Waals surface area contributed by atoms with Crippen LogP contribution in [0.3, 0.4) is 0 Å². The third-order valence-corrected chi connectivity index (χ3v) is 19.4. The number of aliphatic hydroxyl groups is 1. The third-order valence-electron chi connectivity index (χ3n) is 17.5. The molecule has 0 saturated carbocycles. The van der Waals surface area contributed by atoms with Gasteiger partial charge in [-0.05, 0) is 122 Å². The minimum Gasteiger partial charge on any atom is -0.462 e. The summed E-state index contributed by atoms with van der Waals surface area (Å²) >= 11 is 0. The van der Waals surface area contributed by atoms with Crippen LogP contribution < -0.4 is 0 Å². The number of carbonyl (C=O) groups is 4. The van der Waals surface area contributed by atoms with E-state index in [0.717, 1.165) is 199 Å². The van der Waals surface area contributed by atoms with E-state index in [9.17, 15) is 43.2 Å². The maximum Gasteiger partial charge on any atom is 0.472 e. The van der Waals surface area contributed by atoms with E-state index in [1.165, 1.54) is 83.5 Å². The Morgan fingerprint density at radius 3 is 0.788 bits per heavy atom. The highest BCUT2D eigenvalue weighted by atomic mass is 31.2. The molecule has 0 aromatic carbocycles. The molecular formula is C85H150O17P2. The van der Waals surface area contributed by atoms with E-state index in [1.807, 2.05) is 0 Å². The van der Waals surface area contributed by atoms with E-state index >= 15 is 0 Å². The minimum absolute atomic E-state index is 0.0775. The molecule has 0 spiro atoms. The largest absolute Gasteiger partial charge is 0.472 e. The van der Waals surface area contributed by atoms with Crippen molar-refractivity contribution < 1.29 is 80.2 Å². The fourth-order valence-corrected chi connectivity index (χ4v) is 12.9. The molecule has 0 rings (SSSR count). The van der Waals surface area contributed by atoms with Crippen molar-refractivity contribution in [3.8, 4) is 0 Å². The molecular weight excluding hydrogens is 1350 g/mol. The van der Waals surface area contributed by atoms with Crippen molar-refractivity contribution in [1.29, 1.82) is 0 Å². The van der Waals surface area contributed by atoms with Crippen LogP contribution in [-0.4, -0.2) is 96.7 Å². The smallest absolute Gasteiger partial charge is 0.462 e. The van der Waals surface area contributed by atoms with E-state index in [-0.39, 0.29) is 25.7 Å². The Balaban J connectivity index is 5.36. The van der Waals surface area contributed by atoms with Gasteiger partial charge in [-0.1, -0.05) is 311 Å². The van der Waals surface area contributed by atoms with E-state index < -0.39 is 97.5 Å². The number of ether oxygens (including phenoxy) is 4.